The quantitative estimate of drug-likeness (QED) is 0.521. The van der Waals surface area contributed by atoms with Crippen molar-refractivity contribution < 1.29 is 4.74 Å². The predicted octanol–water partition coefficient (Wildman–Crippen LogP) is 2.93. The van der Waals surface area contributed by atoms with Crippen LogP contribution in [0.2, 0.25) is 0 Å². The highest BCUT2D eigenvalue weighted by Gasteiger charge is 2.13. The Bertz CT molecular complexity index is 147. The molecular weight excluding hydrogens is 136 g/mol. The summed E-state index contributed by atoms with van der Waals surface area (Å²) in [4.78, 5) is 0. The molecule has 0 spiro atoms. The van der Waals surface area contributed by atoms with E-state index in [1.165, 1.54) is 0 Å². The Hall–Kier alpha value is -0.560. The minimum Gasteiger partial charge on any atom is -0.373 e. The van der Waals surface area contributed by atoms with E-state index in [0.717, 1.165) is 17.6 Å². The summed E-state index contributed by atoms with van der Waals surface area (Å²) in [6.45, 7) is 14.4. The van der Waals surface area contributed by atoms with Gasteiger partial charge in [0.15, 0.2) is 0 Å². The Balaban J connectivity index is 0.000000461. The number of hydrogen-bond acceptors (Lipinski definition) is 1. The molecule has 1 heteroatoms. The van der Waals surface area contributed by atoms with Gasteiger partial charge in [0.2, 0.25) is 0 Å². The minimum atomic E-state index is 0.336. The van der Waals surface area contributed by atoms with Gasteiger partial charge in [-0.05, 0) is 24.5 Å². The van der Waals surface area contributed by atoms with Gasteiger partial charge in [0.05, 0.1) is 12.7 Å². The van der Waals surface area contributed by atoms with Crippen molar-refractivity contribution in [2.45, 2.75) is 33.3 Å². The van der Waals surface area contributed by atoms with E-state index in [1.54, 1.807) is 0 Å². The van der Waals surface area contributed by atoms with Crippen molar-refractivity contribution in [1.82, 2.24) is 0 Å². The van der Waals surface area contributed by atoms with Gasteiger partial charge in [-0.15, -0.1) is 0 Å². The van der Waals surface area contributed by atoms with Crippen molar-refractivity contribution in [3.05, 3.63) is 24.3 Å². The van der Waals surface area contributed by atoms with Gasteiger partial charge in [-0.2, -0.15) is 0 Å². The summed E-state index contributed by atoms with van der Waals surface area (Å²) in [7, 11) is 0. The molecule has 1 unspecified atom stereocenters. The molecular formula is C10H18O. The standard InChI is InChI=1S/C8H12O.C2H6/c1-6-4-8(3)9-5-7(6)2;1-2/h8H,1-2,4-5H2,3H3;1-2H3. The first kappa shape index (κ1) is 10.4. The Morgan fingerprint density at radius 2 is 1.82 bits per heavy atom. The van der Waals surface area contributed by atoms with Gasteiger partial charge in [-0.1, -0.05) is 27.0 Å². The Morgan fingerprint density at radius 3 is 2.18 bits per heavy atom. The molecule has 1 saturated heterocycles. The molecule has 1 rings (SSSR count). The lowest BCUT2D eigenvalue weighted by atomic mass is 10.0. The fraction of sp³-hybridized carbons (Fsp3) is 0.600. The fourth-order valence-electron chi connectivity index (χ4n) is 0.895. The Morgan fingerprint density at radius 1 is 1.27 bits per heavy atom. The molecule has 0 aromatic rings. The molecule has 0 bridgehead atoms. The SMILES string of the molecule is C=C1COC(C)CC1=C.CC. The van der Waals surface area contributed by atoms with Gasteiger partial charge in [-0.25, -0.2) is 0 Å². The second-order valence-corrected chi connectivity index (χ2v) is 2.53. The molecule has 1 aliphatic heterocycles. The third kappa shape index (κ3) is 3.38. The van der Waals surface area contributed by atoms with Crippen LogP contribution in [0, 0.1) is 0 Å². The summed E-state index contributed by atoms with van der Waals surface area (Å²) in [5.41, 5.74) is 2.20. The highest BCUT2D eigenvalue weighted by Crippen LogP contribution is 2.20. The van der Waals surface area contributed by atoms with Gasteiger partial charge >= 0.3 is 0 Å². The van der Waals surface area contributed by atoms with E-state index in [2.05, 4.69) is 20.1 Å². The smallest absolute Gasteiger partial charge is 0.0717 e. The van der Waals surface area contributed by atoms with E-state index in [9.17, 15) is 0 Å². The van der Waals surface area contributed by atoms with E-state index >= 15 is 0 Å². The van der Waals surface area contributed by atoms with Crippen LogP contribution in [0.25, 0.3) is 0 Å². The van der Waals surface area contributed by atoms with Gasteiger partial charge in [0.1, 0.15) is 0 Å². The van der Waals surface area contributed by atoms with Crippen molar-refractivity contribution in [2.24, 2.45) is 0 Å². The van der Waals surface area contributed by atoms with Gasteiger partial charge in [0, 0.05) is 0 Å². The summed E-state index contributed by atoms with van der Waals surface area (Å²) in [5, 5.41) is 0. The van der Waals surface area contributed by atoms with Crippen molar-refractivity contribution in [3.8, 4) is 0 Å². The van der Waals surface area contributed by atoms with Gasteiger partial charge in [-0.3, -0.25) is 0 Å². The highest BCUT2D eigenvalue weighted by atomic mass is 16.5. The van der Waals surface area contributed by atoms with Crippen LogP contribution >= 0.6 is 0 Å². The minimum absolute atomic E-state index is 0.336. The summed E-state index contributed by atoms with van der Waals surface area (Å²) in [5.74, 6) is 0. The van der Waals surface area contributed by atoms with Crippen LogP contribution in [-0.4, -0.2) is 12.7 Å². The molecule has 1 heterocycles. The van der Waals surface area contributed by atoms with Crippen LogP contribution < -0.4 is 0 Å². The molecule has 1 nitrogen and oxygen atoms in total. The summed E-state index contributed by atoms with van der Waals surface area (Å²) in [6.07, 6.45) is 1.28. The monoisotopic (exact) mass is 154 g/mol. The predicted molar refractivity (Wildman–Crippen MR) is 49.7 cm³/mol. The molecule has 1 aliphatic rings. The van der Waals surface area contributed by atoms with Crippen LogP contribution in [-0.2, 0) is 4.74 Å². The first-order valence-corrected chi connectivity index (χ1v) is 4.17. The summed E-state index contributed by atoms with van der Waals surface area (Å²) >= 11 is 0. The molecule has 1 atom stereocenters. The average Bonchev–Trinajstić information content (AvgIpc) is 2.02. The fourth-order valence-corrected chi connectivity index (χ4v) is 0.895. The number of rotatable bonds is 0. The second-order valence-electron chi connectivity index (χ2n) is 2.53. The molecule has 0 saturated carbocycles. The van der Waals surface area contributed by atoms with Crippen LogP contribution in [0.5, 0.6) is 0 Å². The zero-order valence-corrected chi connectivity index (χ0v) is 7.81. The lowest BCUT2D eigenvalue weighted by Crippen LogP contribution is -2.18. The largest absolute Gasteiger partial charge is 0.373 e. The lowest BCUT2D eigenvalue weighted by molar-refractivity contribution is 0.0714. The Kier molecular flexibility index (Phi) is 4.88. The molecule has 64 valence electrons. The molecule has 0 aromatic carbocycles. The Labute approximate surface area is 69.8 Å². The maximum Gasteiger partial charge on any atom is 0.0717 e. The maximum atomic E-state index is 5.30. The van der Waals surface area contributed by atoms with Crippen LogP contribution in [0.3, 0.4) is 0 Å². The van der Waals surface area contributed by atoms with Crippen LogP contribution in [0.4, 0.5) is 0 Å². The number of ether oxygens (including phenoxy) is 1. The topological polar surface area (TPSA) is 9.23 Å². The van der Waals surface area contributed by atoms with E-state index in [4.69, 9.17) is 4.74 Å². The van der Waals surface area contributed by atoms with E-state index < -0.39 is 0 Å². The van der Waals surface area contributed by atoms with Crippen molar-refractivity contribution in [3.63, 3.8) is 0 Å². The van der Waals surface area contributed by atoms with E-state index in [1.807, 2.05) is 13.8 Å². The summed E-state index contributed by atoms with van der Waals surface area (Å²) < 4.78 is 5.30. The normalized spacial score (nSPS) is 24.1. The number of hydrogen-bond donors (Lipinski definition) is 0. The summed E-state index contributed by atoms with van der Waals surface area (Å²) in [6, 6.07) is 0. The highest BCUT2D eigenvalue weighted by molar-refractivity contribution is 5.27. The van der Waals surface area contributed by atoms with Crippen LogP contribution in [0.1, 0.15) is 27.2 Å². The van der Waals surface area contributed by atoms with Crippen LogP contribution in [0.15, 0.2) is 24.3 Å². The van der Waals surface area contributed by atoms with Crippen molar-refractivity contribution in [2.75, 3.05) is 6.61 Å². The zero-order valence-electron chi connectivity index (χ0n) is 7.81. The zero-order chi connectivity index (χ0) is 8.85. The van der Waals surface area contributed by atoms with Gasteiger partial charge in [0.25, 0.3) is 0 Å². The average molecular weight is 154 g/mol. The first-order valence-electron chi connectivity index (χ1n) is 4.17. The first-order chi connectivity index (χ1) is 5.20. The molecule has 11 heavy (non-hydrogen) atoms. The molecule has 0 radical (unpaired) electrons. The second kappa shape index (κ2) is 5.14. The van der Waals surface area contributed by atoms with Gasteiger partial charge < -0.3 is 4.74 Å². The maximum absolute atomic E-state index is 5.30. The third-order valence-corrected chi connectivity index (χ3v) is 1.58. The van der Waals surface area contributed by atoms with Crippen molar-refractivity contribution >= 4 is 0 Å². The molecule has 1 fully saturated rings. The molecule has 0 N–H and O–H groups in total. The van der Waals surface area contributed by atoms with E-state index in [0.29, 0.717) is 12.7 Å². The molecule has 0 amide bonds. The third-order valence-electron chi connectivity index (χ3n) is 1.58. The van der Waals surface area contributed by atoms with Crippen molar-refractivity contribution in [1.29, 1.82) is 0 Å². The van der Waals surface area contributed by atoms with E-state index in [-0.39, 0.29) is 0 Å². The molecule has 0 aliphatic carbocycles. The lowest BCUT2D eigenvalue weighted by Gasteiger charge is -2.22. The molecule has 0 aromatic heterocycles.